The van der Waals surface area contributed by atoms with Crippen LogP contribution in [0.25, 0.3) is 0 Å². The lowest BCUT2D eigenvalue weighted by molar-refractivity contribution is -0.123. The van der Waals surface area contributed by atoms with Crippen molar-refractivity contribution in [2.45, 2.75) is 41.5 Å². The average molecular weight is 297 g/mol. The molecule has 0 aliphatic rings. The normalized spacial score (nSPS) is 12.2. The van der Waals surface area contributed by atoms with Crippen molar-refractivity contribution in [3.8, 4) is 0 Å². The maximum Gasteiger partial charge on any atom is 0.229 e. The molecule has 1 rings (SSSR count). The molecule has 1 amide bonds. The first-order chi connectivity index (χ1) is 8.94. The van der Waals surface area contributed by atoms with Crippen LogP contribution in [-0.2, 0) is 4.79 Å². The van der Waals surface area contributed by atoms with Crippen LogP contribution in [0.5, 0.6) is 0 Å². The summed E-state index contributed by atoms with van der Waals surface area (Å²) in [6.45, 7) is 10.8. The number of anilines is 1. The fraction of sp³-hybridized carbons (Fsp3) is 0.533. The smallest absolute Gasteiger partial charge is 0.229 e. The van der Waals surface area contributed by atoms with Crippen molar-refractivity contribution in [3.05, 3.63) is 23.0 Å². The van der Waals surface area contributed by atoms with Crippen LogP contribution in [0, 0.1) is 10.8 Å². The first-order valence-corrected chi connectivity index (χ1v) is 6.83. The predicted octanol–water partition coefficient (Wildman–Crippen LogP) is 3.95. The van der Waals surface area contributed by atoms with Gasteiger partial charge in [0.15, 0.2) is 10.9 Å². The molecule has 0 aliphatic heterocycles. The van der Waals surface area contributed by atoms with Crippen molar-refractivity contribution in [2.75, 3.05) is 5.32 Å². The van der Waals surface area contributed by atoms with Crippen LogP contribution in [-0.4, -0.2) is 16.7 Å². The van der Waals surface area contributed by atoms with Gasteiger partial charge in [-0.2, -0.15) is 0 Å². The van der Waals surface area contributed by atoms with Crippen LogP contribution in [0.2, 0.25) is 5.15 Å². The third-order valence-corrected chi connectivity index (χ3v) is 3.04. The molecule has 1 N–H and O–H groups in total. The largest absolute Gasteiger partial charge is 0.322 e. The average Bonchev–Trinajstić information content (AvgIpc) is 2.28. The van der Waals surface area contributed by atoms with Crippen LogP contribution in [0.1, 0.15) is 51.9 Å². The van der Waals surface area contributed by atoms with Gasteiger partial charge in [-0.25, -0.2) is 4.98 Å². The van der Waals surface area contributed by atoms with E-state index >= 15 is 0 Å². The van der Waals surface area contributed by atoms with Crippen molar-refractivity contribution in [2.24, 2.45) is 10.8 Å². The monoisotopic (exact) mass is 296 g/mol. The minimum Gasteiger partial charge on any atom is -0.322 e. The summed E-state index contributed by atoms with van der Waals surface area (Å²) >= 11 is 6.04. The quantitative estimate of drug-likeness (QED) is 0.664. The Morgan fingerprint density at radius 2 is 1.65 bits per heavy atom. The highest BCUT2D eigenvalue weighted by atomic mass is 35.5. The number of pyridine rings is 1. The summed E-state index contributed by atoms with van der Waals surface area (Å²) in [4.78, 5) is 28.5. The molecule has 0 atom stereocenters. The molecule has 0 unspecified atom stereocenters. The van der Waals surface area contributed by atoms with Gasteiger partial charge in [0, 0.05) is 22.6 Å². The summed E-state index contributed by atoms with van der Waals surface area (Å²) < 4.78 is 0. The van der Waals surface area contributed by atoms with Gasteiger partial charge in [0.2, 0.25) is 5.91 Å². The Balaban J connectivity index is 3.27. The van der Waals surface area contributed by atoms with Gasteiger partial charge in [0.1, 0.15) is 0 Å². The van der Waals surface area contributed by atoms with Gasteiger partial charge in [-0.15, -0.1) is 0 Å². The highest BCUT2D eigenvalue weighted by Gasteiger charge is 2.29. The summed E-state index contributed by atoms with van der Waals surface area (Å²) in [5.74, 6) is -0.304. The second-order valence-electron chi connectivity index (χ2n) is 6.81. The van der Waals surface area contributed by atoms with Crippen molar-refractivity contribution in [3.63, 3.8) is 0 Å². The first kappa shape index (κ1) is 16.6. The highest BCUT2D eigenvalue weighted by Crippen LogP contribution is 2.31. The number of carbonyl (C=O) groups excluding carboxylic acids is 2. The Labute approximate surface area is 124 Å². The van der Waals surface area contributed by atoms with E-state index in [4.69, 9.17) is 11.6 Å². The maximum absolute atomic E-state index is 12.4. The molecule has 0 aliphatic carbocycles. The van der Waals surface area contributed by atoms with Crippen LogP contribution in [0.4, 0.5) is 5.69 Å². The molecular weight excluding hydrogens is 276 g/mol. The number of halogens is 1. The minimum atomic E-state index is -0.582. The van der Waals surface area contributed by atoms with E-state index in [0.717, 1.165) is 0 Å². The zero-order chi connectivity index (χ0) is 15.7. The summed E-state index contributed by atoms with van der Waals surface area (Å²) in [6, 6.07) is 1.58. The van der Waals surface area contributed by atoms with E-state index in [1.165, 1.54) is 6.20 Å². The van der Waals surface area contributed by atoms with E-state index in [0.29, 0.717) is 5.56 Å². The van der Waals surface area contributed by atoms with Crippen molar-refractivity contribution >= 4 is 29.0 Å². The Hall–Kier alpha value is -1.42. The Morgan fingerprint density at radius 1 is 1.10 bits per heavy atom. The van der Waals surface area contributed by atoms with E-state index in [2.05, 4.69) is 10.3 Å². The van der Waals surface area contributed by atoms with Crippen LogP contribution in [0.15, 0.2) is 12.3 Å². The lowest BCUT2D eigenvalue weighted by Gasteiger charge is -2.22. The summed E-state index contributed by atoms with van der Waals surface area (Å²) in [6.07, 6.45) is 1.47. The minimum absolute atomic E-state index is 0.0917. The maximum atomic E-state index is 12.4. The van der Waals surface area contributed by atoms with Gasteiger partial charge < -0.3 is 5.32 Å². The standard InChI is InChI=1S/C15H21ClN2O2/c1-14(2,3)11(19)9-7-8-17-12(16)10(9)18-13(20)15(4,5)6/h7-8H,1-6H3,(H,18,20). The number of carbonyl (C=O) groups is 2. The number of Topliss-reactive ketones (excluding diaryl/α,β-unsaturated/α-hetero) is 1. The molecule has 110 valence electrons. The van der Waals surface area contributed by atoms with E-state index in [-0.39, 0.29) is 22.5 Å². The molecule has 0 spiro atoms. The van der Waals surface area contributed by atoms with Crippen molar-refractivity contribution in [1.82, 2.24) is 4.98 Å². The number of hydrogen-bond donors (Lipinski definition) is 1. The van der Waals surface area contributed by atoms with Gasteiger partial charge in [0.25, 0.3) is 0 Å². The van der Waals surface area contributed by atoms with Gasteiger partial charge in [-0.1, -0.05) is 53.1 Å². The van der Waals surface area contributed by atoms with Gasteiger partial charge in [-0.3, -0.25) is 9.59 Å². The number of aromatic nitrogens is 1. The summed E-state index contributed by atoms with van der Waals surface area (Å²) in [7, 11) is 0. The third kappa shape index (κ3) is 3.79. The van der Waals surface area contributed by atoms with E-state index in [1.807, 2.05) is 20.8 Å². The molecule has 5 heteroatoms. The topological polar surface area (TPSA) is 59.1 Å². The number of nitrogens with zero attached hydrogens (tertiary/aromatic N) is 1. The summed E-state index contributed by atoms with van der Waals surface area (Å²) in [5.41, 5.74) is -0.475. The Kier molecular flexibility index (Phi) is 4.59. The van der Waals surface area contributed by atoms with E-state index in [9.17, 15) is 9.59 Å². The molecule has 0 radical (unpaired) electrons. The molecule has 1 heterocycles. The molecular formula is C15H21ClN2O2. The van der Waals surface area contributed by atoms with Crippen LogP contribution < -0.4 is 5.32 Å². The Morgan fingerprint density at radius 3 is 2.10 bits per heavy atom. The zero-order valence-corrected chi connectivity index (χ0v) is 13.6. The van der Waals surface area contributed by atoms with Gasteiger partial charge in [0.05, 0.1) is 5.69 Å². The van der Waals surface area contributed by atoms with E-state index in [1.54, 1.807) is 26.8 Å². The van der Waals surface area contributed by atoms with Crippen LogP contribution in [0.3, 0.4) is 0 Å². The number of rotatable bonds is 2. The number of ketones is 1. The second kappa shape index (κ2) is 5.52. The van der Waals surface area contributed by atoms with E-state index < -0.39 is 10.8 Å². The van der Waals surface area contributed by atoms with Gasteiger partial charge in [-0.05, 0) is 6.07 Å². The fourth-order valence-electron chi connectivity index (χ4n) is 1.45. The molecule has 1 aromatic heterocycles. The lowest BCUT2D eigenvalue weighted by atomic mass is 9.86. The highest BCUT2D eigenvalue weighted by molar-refractivity contribution is 6.33. The SMILES string of the molecule is CC(C)(C)C(=O)Nc1c(C(=O)C(C)(C)C)ccnc1Cl. The van der Waals surface area contributed by atoms with Crippen molar-refractivity contribution in [1.29, 1.82) is 0 Å². The number of hydrogen-bond acceptors (Lipinski definition) is 3. The molecule has 20 heavy (non-hydrogen) atoms. The molecule has 0 aromatic carbocycles. The third-order valence-electron chi connectivity index (χ3n) is 2.75. The van der Waals surface area contributed by atoms with Gasteiger partial charge >= 0.3 is 0 Å². The second-order valence-corrected chi connectivity index (χ2v) is 7.17. The predicted molar refractivity (Wildman–Crippen MR) is 81.1 cm³/mol. The summed E-state index contributed by atoms with van der Waals surface area (Å²) in [5, 5.41) is 2.84. The molecule has 1 aromatic rings. The molecule has 0 bridgehead atoms. The number of amides is 1. The van der Waals surface area contributed by atoms with Crippen LogP contribution >= 0.6 is 11.6 Å². The van der Waals surface area contributed by atoms with Crippen molar-refractivity contribution < 1.29 is 9.59 Å². The molecule has 0 saturated carbocycles. The lowest BCUT2D eigenvalue weighted by Crippen LogP contribution is -2.30. The fourth-order valence-corrected chi connectivity index (χ4v) is 1.65. The Bertz CT molecular complexity index is 540. The molecule has 0 fully saturated rings. The molecule has 0 saturated heterocycles. The first-order valence-electron chi connectivity index (χ1n) is 6.45. The molecule has 4 nitrogen and oxygen atoms in total. The zero-order valence-electron chi connectivity index (χ0n) is 12.8. The number of nitrogens with one attached hydrogen (secondary N) is 1.